The highest BCUT2D eigenvalue weighted by Crippen LogP contribution is 2.49. The molecule has 1 unspecified atom stereocenters. The second-order valence-electron chi connectivity index (χ2n) is 6.42. The third-order valence-corrected chi connectivity index (χ3v) is 7.78. The van der Waals surface area contributed by atoms with Gasteiger partial charge in [-0.05, 0) is 55.8 Å². The topological polar surface area (TPSA) is 81.3 Å². The van der Waals surface area contributed by atoms with Crippen molar-refractivity contribution in [3.63, 3.8) is 0 Å². The molecule has 0 spiro atoms. The third kappa shape index (κ3) is 4.44. The van der Waals surface area contributed by atoms with E-state index in [1.165, 1.54) is 10.0 Å². The summed E-state index contributed by atoms with van der Waals surface area (Å²) >= 11 is 10.7. The number of esters is 1. The highest BCUT2D eigenvalue weighted by molar-refractivity contribution is 7.79. The van der Waals surface area contributed by atoms with Crippen molar-refractivity contribution in [2.24, 2.45) is 0 Å². The van der Waals surface area contributed by atoms with Crippen LogP contribution in [0.2, 0.25) is 5.02 Å². The Hall–Kier alpha value is -2.49. The van der Waals surface area contributed by atoms with Crippen LogP contribution in [-0.4, -0.2) is 23.2 Å². The lowest BCUT2D eigenvalue weighted by Gasteiger charge is -2.20. The largest absolute Gasteiger partial charge is 0.461 e. The molecule has 0 bridgehead atoms. The van der Waals surface area contributed by atoms with Gasteiger partial charge < -0.3 is 9.26 Å². The van der Waals surface area contributed by atoms with Gasteiger partial charge in [-0.15, -0.1) is 0 Å². The minimum absolute atomic E-state index is 0.0252. The van der Waals surface area contributed by atoms with Gasteiger partial charge in [-0.3, -0.25) is 8.54 Å². The Balaban J connectivity index is 2.39. The number of benzene rings is 2. The van der Waals surface area contributed by atoms with Crippen LogP contribution in [-0.2, 0) is 13.8 Å². The first-order valence-electron chi connectivity index (χ1n) is 9.49. The summed E-state index contributed by atoms with van der Waals surface area (Å²) in [5, 5.41) is 10.3. The molecule has 1 aromatic heterocycles. The molecule has 0 N–H and O–H groups in total. The number of carbonyl (C=O) groups is 1. The van der Waals surface area contributed by atoms with Crippen molar-refractivity contribution in [2.45, 2.75) is 13.8 Å². The van der Waals surface area contributed by atoms with Crippen LogP contribution in [0, 0.1) is 11.3 Å². The maximum absolute atomic E-state index is 14.5. The van der Waals surface area contributed by atoms with Crippen LogP contribution in [0.3, 0.4) is 0 Å². The summed E-state index contributed by atoms with van der Waals surface area (Å²) in [4.78, 5) is 12.9. The van der Waals surface area contributed by atoms with Gasteiger partial charge in [0, 0.05) is 21.8 Å². The third-order valence-electron chi connectivity index (χ3n) is 4.51. The van der Waals surface area contributed by atoms with Crippen LogP contribution in [0.15, 0.2) is 48.5 Å². The van der Waals surface area contributed by atoms with Gasteiger partial charge >= 0.3 is 5.97 Å². The number of ether oxygens (including phenoxy) is 1. The Morgan fingerprint density at radius 3 is 2.71 bits per heavy atom. The van der Waals surface area contributed by atoms with Gasteiger partial charge in [0.05, 0.1) is 30.1 Å². The number of allylic oxidation sites excluding steroid dienone is 1. The van der Waals surface area contributed by atoms with Crippen LogP contribution < -0.4 is 10.6 Å². The monoisotopic (exact) mass is 474 g/mol. The maximum atomic E-state index is 14.5. The summed E-state index contributed by atoms with van der Waals surface area (Å²) in [6.45, 7) is 3.69. The molecule has 0 aliphatic heterocycles. The van der Waals surface area contributed by atoms with Gasteiger partial charge in [-0.1, -0.05) is 36.5 Å². The molecule has 160 valence electrons. The van der Waals surface area contributed by atoms with E-state index in [0.717, 1.165) is 0 Å². The zero-order chi connectivity index (χ0) is 22.6. The number of rotatable bonds is 7. The van der Waals surface area contributed by atoms with Crippen LogP contribution in [0.5, 0.6) is 0 Å². The predicted octanol–water partition coefficient (Wildman–Crippen LogP) is 4.97. The Morgan fingerprint density at radius 2 is 2.03 bits per heavy atom. The molecular weight excluding hydrogens is 455 g/mol. The Labute approximate surface area is 191 Å². The molecule has 0 radical (unpaired) electrons. The van der Waals surface area contributed by atoms with Gasteiger partial charge in [0.25, 0.3) is 7.37 Å². The molecule has 31 heavy (non-hydrogen) atoms. The van der Waals surface area contributed by atoms with Crippen molar-refractivity contribution < 1.29 is 18.6 Å². The zero-order valence-corrected chi connectivity index (χ0v) is 19.5. The molecule has 1 atom stereocenters. The molecule has 1 heterocycles. The molecule has 0 aliphatic carbocycles. The molecule has 0 saturated carbocycles. The van der Waals surface area contributed by atoms with Crippen molar-refractivity contribution in [3.05, 3.63) is 64.8 Å². The molecule has 0 aliphatic rings. The average Bonchev–Trinajstić information content (AvgIpc) is 3.05. The predicted molar refractivity (Wildman–Crippen MR) is 127 cm³/mol. The number of nitriles is 1. The van der Waals surface area contributed by atoms with Crippen molar-refractivity contribution in [3.8, 4) is 6.07 Å². The molecule has 3 rings (SSSR count). The second kappa shape index (κ2) is 9.76. The number of hydrogen-bond donors (Lipinski definition) is 1. The van der Waals surface area contributed by atoms with Gasteiger partial charge in [0.1, 0.15) is 0 Å². The fourth-order valence-electron chi connectivity index (χ4n) is 3.31. The second-order valence-corrected chi connectivity index (χ2v) is 9.58. The van der Waals surface area contributed by atoms with Crippen molar-refractivity contribution >= 4 is 65.3 Å². The van der Waals surface area contributed by atoms with E-state index in [1.54, 1.807) is 62.4 Å². The number of thiol groups is 1. The Morgan fingerprint density at radius 1 is 1.26 bits per heavy atom. The summed E-state index contributed by atoms with van der Waals surface area (Å²) in [5.74, 6) is -0.666. The smallest absolute Gasteiger partial charge is 0.356 e. The Bertz CT molecular complexity index is 1260. The van der Waals surface area contributed by atoms with Gasteiger partial charge in [0.15, 0.2) is 5.69 Å². The summed E-state index contributed by atoms with van der Waals surface area (Å²) in [5.41, 5.74) is 1.24. The first-order valence-corrected chi connectivity index (χ1v) is 11.9. The molecule has 6 nitrogen and oxygen atoms in total. The van der Waals surface area contributed by atoms with E-state index in [9.17, 15) is 9.36 Å². The number of halogens is 1. The molecular formula is C22H20ClN2O4PS. The first kappa shape index (κ1) is 23.2. The summed E-state index contributed by atoms with van der Waals surface area (Å²) in [6.07, 6.45) is 2.93. The normalized spacial score (nSPS) is 13.3. The van der Waals surface area contributed by atoms with Crippen LogP contribution in [0.1, 0.15) is 29.9 Å². The van der Waals surface area contributed by atoms with Gasteiger partial charge in [-0.2, -0.15) is 5.26 Å². The highest BCUT2D eigenvalue weighted by Gasteiger charge is 2.38. The van der Waals surface area contributed by atoms with E-state index >= 15 is 0 Å². The fourth-order valence-corrected chi connectivity index (χ4v) is 6.38. The van der Waals surface area contributed by atoms with Crippen molar-refractivity contribution in [2.75, 3.05) is 13.2 Å². The summed E-state index contributed by atoms with van der Waals surface area (Å²) < 4.78 is 26.9. The number of aromatic nitrogens is 1. The lowest BCUT2D eigenvalue weighted by molar-refractivity contribution is 0.0520. The SMILES string of the molecule is CCOC(=O)c1c(P(=O)(OCC)c2cccc(/C=C/C#N)c2)c2cc(Cl)ccc2n1S. The lowest BCUT2D eigenvalue weighted by atomic mass is 10.2. The lowest BCUT2D eigenvalue weighted by Crippen LogP contribution is -2.25. The van der Waals surface area contributed by atoms with Crippen LogP contribution >= 0.6 is 31.8 Å². The van der Waals surface area contributed by atoms with Crippen molar-refractivity contribution in [1.29, 1.82) is 5.26 Å². The van der Waals surface area contributed by atoms with E-state index in [0.29, 0.717) is 26.8 Å². The number of hydrogen-bond acceptors (Lipinski definition) is 6. The van der Waals surface area contributed by atoms with E-state index in [4.69, 9.17) is 26.1 Å². The highest BCUT2D eigenvalue weighted by atomic mass is 35.5. The zero-order valence-electron chi connectivity index (χ0n) is 16.9. The molecule has 2 aromatic carbocycles. The number of carbonyl (C=O) groups excluding carboxylic acids is 1. The molecule has 3 aromatic rings. The average molecular weight is 475 g/mol. The maximum Gasteiger partial charge on any atom is 0.356 e. The standard InChI is InChI=1S/C22H20ClN2O4PS/c1-3-28-22(26)20-21(18-14-16(23)10-11-19(18)25(20)31)30(27,29-4-2)17-9-5-7-15(13-17)8-6-12-24/h5-11,13-14,31H,3-4H2,1-2H3/b8-6+. The summed E-state index contributed by atoms with van der Waals surface area (Å²) in [7, 11) is -3.79. The van der Waals surface area contributed by atoms with E-state index in [-0.39, 0.29) is 24.2 Å². The van der Waals surface area contributed by atoms with Crippen LogP contribution in [0.25, 0.3) is 17.0 Å². The quantitative estimate of drug-likeness (QED) is 0.226. The van der Waals surface area contributed by atoms with E-state index < -0.39 is 13.3 Å². The minimum atomic E-state index is -3.79. The van der Waals surface area contributed by atoms with E-state index in [1.807, 2.05) is 6.07 Å². The number of fused-ring (bicyclic) bond motifs is 1. The molecule has 0 fully saturated rings. The molecule has 0 saturated heterocycles. The van der Waals surface area contributed by atoms with Gasteiger partial charge in [0.2, 0.25) is 0 Å². The van der Waals surface area contributed by atoms with Gasteiger partial charge in [-0.25, -0.2) is 4.79 Å². The van der Waals surface area contributed by atoms with Crippen molar-refractivity contribution in [1.82, 2.24) is 3.97 Å². The Kier molecular flexibility index (Phi) is 7.30. The molecule has 0 amide bonds. The fraction of sp³-hybridized carbons (Fsp3) is 0.182. The van der Waals surface area contributed by atoms with E-state index in [2.05, 4.69) is 12.8 Å². The molecule has 9 heteroatoms. The number of nitrogens with zero attached hydrogens (tertiary/aromatic N) is 2. The van der Waals surface area contributed by atoms with Crippen LogP contribution in [0.4, 0.5) is 0 Å². The first-order chi connectivity index (χ1) is 14.9. The minimum Gasteiger partial charge on any atom is -0.461 e. The summed E-state index contributed by atoms with van der Waals surface area (Å²) in [6, 6.07) is 13.8.